The number of aromatic amines is 1. The number of rotatable bonds is 4. The van der Waals surface area contributed by atoms with Gasteiger partial charge in [-0.1, -0.05) is 30.7 Å². The van der Waals surface area contributed by atoms with Gasteiger partial charge in [0.15, 0.2) is 0 Å². The molecule has 1 N–H and O–H groups in total. The van der Waals surface area contributed by atoms with Crippen molar-refractivity contribution in [2.45, 2.75) is 32.8 Å². The van der Waals surface area contributed by atoms with Crippen molar-refractivity contribution < 1.29 is 4.74 Å². The first-order valence-electron chi connectivity index (χ1n) is 10.1. The van der Waals surface area contributed by atoms with E-state index >= 15 is 0 Å². The predicted octanol–water partition coefficient (Wildman–Crippen LogP) is 6.01. The van der Waals surface area contributed by atoms with Crippen molar-refractivity contribution in [2.75, 3.05) is 0 Å². The highest BCUT2D eigenvalue weighted by Gasteiger charge is 2.23. The van der Waals surface area contributed by atoms with Gasteiger partial charge in [-0.25, -0.2) is 4.98 Å². The molecule has 2 aromatic heterocycles. The smallest absolute Gasteiger partial charge is 0.260 e. The quantitative estimate of drug-likeness (QED) is 0.426. The summed E-state index contributed by atoms with van der Waals surface area (Å²) in [6, 6.07) is 15.2. The van der Waals surface area contributed by atoms with E-state index in [4.69, 9.17) is 21.3 Å². The number of hydrogen-bond donors (Lipinski definition) is 1. The van der Waals surface area contributed by atoms with E-state index < -0.39 is 0 Å². The second-order valence-electron chi connectivity index (χ2n) is 7.89. The number of benzene rings is 2. The lowest BCUT2D eigenvalue weighted by Crippen LogP contribution is -2.13. The zero-order chi connectivity index (χ0) is 20.7. The number of nitrogens with one attached hydrogen (secondary N) is 1. The van der Waals surface area contributed by atoms with Crippen LogP contribution in [0.3, 0.4) is 0 Å². The summed E-state index contributed by atoms with van der Waals surface area (Å²) in [6.07, 6.45) is 3.16. The van der Waals surface area contributed by atoms with Gasteiger partial charge in [0.25, 0.3) is 5.56 Å². The molecule has 2 aromatic carbocycles. The van der Waals surface area contributed by atoms with Crippen LogP contribution in [0.1, 0.15) is 29.3 Å². The molecular formula is C24H21ClN2O2S. The van der Waals surface area contributed by atoms with Crippen LogP contribution in [-0.2, 0) is 19.4 Å². The van der Waals surface area contributed by atoms with E-state index in [2.05, 4.69) is 11.9 Å². The minimum atomic E-state index is -0.0369. The standard InChI is InChI=1S/C24H21ClN2O2S/c1-14-2-11-19-20(12-14)30-24-21(19)23(28)26-22(27-24)16-5-9-18(10-6-16)29-13-15-3-7-17(25)8-4-15/h3-10,14H,2,11-13H2,1H3,(H,26,27,28). The topological polar surface area (TPSA) is 55.0 Å². The van der Waals surface area contributed by atoms with Crippen LogP contribution in [0.25, 0.3) is 21.6 Å². The fourth-order valence-corrected chi connectivity index (χ4v) is 5.45. The van der Waals surface area contributed by atoms with Crippen molar-refractivity contribution in [3.8, 4) is 17.1 Å². The number of ether oxygens (including phenoxy) is 1. The van der Waals surface area contributed by atoms with Crippen molar-refractivity contribution in [3.63, 3.8) is 0 Å². The number of hydrogen-bond acceptors (Lipinski definition) is 4. The second kappa shape index (κ2) is 7.89. The number of aromatic nitrogens is 2. The maximum Gasteiger partial charge on any atom is 0.260 e. The first kappa shape index (κ1) is 19.3. The van der Waals surface area contributed by atoms with E-state index in [9.17, 15) is 4.79 Å². The summed E-state index contributed by atoms with van der Waals surface area (Å²) in [4.78, 5) is 22.7. The number of nitrogens with zero attached hydrogens (tertiary/aromatic N) is 1. The summed E-state index contributed by atoms with van der Waals surface area (Å²) in [5, 5.41) is 1.50. The van der Waals surface area contributed by atoms with Crippen LogP contribution in [0, 0.1) is 5.92 Å². The Morgan fingerprint density at radius 2 is 1.93 bits per heavy atom. The molecule has 0 bridgehead atoms. The minimum Gasteiger partial charge on any atom is -0.489 e. The van der Waals surface area contributed by atoms with Crippen molar-refractivity contribution in [2.24, 2.45) is 5.92 Å². The third kappa shape index (κ3) is 3.75. The number of fused-ring (bicyclic) bond motifs is 3. The summed E-state index contributed by atoms with van der Waals surface area (Å²) in [6.45, 7) is 2.74. The highest BCUT2D eigenvalue weighted by atomic mass is 35.5. The molecule has 2 heterocycles. The Kier molecular flexibility index (Phi) is 5.09. The van der Waals surface area contributed by atoms with Gasteiger partial charge in [0, 0.05) is 15.5 Å². The van der Waals surface area contributed by atoms with Gasteiger partial charge in [0.1, 0.15) is 23.0 Å². The monoisotopic (exact) mass is 436 g/mol. The van der Waals surface area contributed by atoms with Crippen LogP contribution in [0.4, 0.5) is 0 Å². The molecule has 0 fully saturated rings. The van der Waals surface area contributed by atoms with E-state index in [0.29, 0.717) is 23.4 Å². The zero-order valence-corrected chi connectivity index (χ0v) is 18.1. The van der Waals surface area contributed by atoms with Crippen LogP contribution in [-0.4, -0.2) is 9.97 Å². The van der Waals surface area contributed by atoms with Crippen molar-refractivity contribution in [1.82, 2.24) is 9.97 Å². The lowest BCUT2D eigenvalue weighted by Gasteiger charge is -2.17. The molecule has 6 heteroatoms. The average molecular weight is 437 g/mol. The molecule has 0 spiro atoms. The zero-order valence-electron chi connectivity index (χ0n) is 16.6. The highest BCUT2D eigenvalue weighted by Crippen LogP contribution is 2.36. The first-order valence-corrected chi connectivity index (χ1v) is 11.3. The highest BCUT2D eigenvalue weighted by molar-refractivity contribution is 7.18. The molecule has 4 nitrogen and oxygen atoms in total. The Labute approximate surface area is 183 Å². The molecule has 0 saturated heterocycles. The maximum atomic E-state index is 12.8. The lowest BCUT2D eigenvalue weighted by atomic mass is 9.89. The number of halogens is 1. The van der Waals surface area contributed by atoms with E-state index in [1.54, 1.807) is 11.3 Å². The molecule has 1 aliphatic rings. The van der Waals surface area contributed by atoms with Crippen LogP contribution in [0.15, 0.2) is 53.3 Å². The van der Waals surface area contributed by atoms with Gasteiger partial charge in [-0.3, -0.25) is 4.79 Å². The molecular weight excluding hydrogens is 416 g/mol. The van der Waals surface area contributed by atoms with E-state index in [1.807, 2.05) is 48.5 Å². The van der Waals surface area contributed by atoms with Crippen molar-refractivity contribution >= 4 is 33.2 Å². The lowest BCUT2D eigenvalue weighted by molar-refractivity contribution is 0.306. The maximum absolute atomic E-state index is 12.8. The fraction of sp³-hybridized carbons (Fsp3) is 0.250. The fourth-order valence-electron chi connectivity index (χ4n) is 3.94. The van der Waals surface area contributed by atoms with Gasteiger partial charge < -0.3 is 9.72 Å². The van der Waals surface area contributed by atoms with Crippen molar-refractivity contribution in [3.05, 3.63) is 79.9 Å². The molecule has 0 saturated carbocycles. The molecule has 0 amide bonds. The van der Waals surface area contributed by atoms with E-state index in [0.717, 1.165) is 46.4 Å². The van der Waals surface area contributed by atoms with Gasteiger partial charge in [-0.05, 0) is 72.7 Å². The average Bonchev–Trinajstić information content (AvgIpc) is 3.11. The van der Waals surface area contributed by atoms with Crippen LogP contribution >= 0.6 is 22.9 Å². The van der Waals surface area contributed by atoms with Gasteiger partial charge in [-0.2, -0.15) is 0 Å². The van der Waals surface area contributed by atoms with Crippen LogP contribution in [0.2, 0.25) is 5.02 Å². The summed E-state index contributed by atoms with van der Waals surface area (Å²) in [7, 11) is 0. The third-order valence-corrected chi connectivity index (χ3v) is 7.01. The molecule has 0 radical (unpaired) electrons. The van der Waals surface area contributed by atoms with Gasteiger partial charge in [-0.15, -0.1) is 11.3 Å². The largest absolute Gasteiger partial charge is 0.489 e. The first-order chi connectivity index (χ1) is 14.6. The van der Waals surface area contributed by atoms with Crippen LogP contribution < -0.4 is 10.3 Å². The third-order valence-electron chi connectivity index (χ3n) is 5.61. The Hall–Kier alpha value is -2.63. The Morgan fingerprint density at radius 1 is 1.17 bits per heavy atom. The Balaban J connectivity index is 1.38. The minimum absolute atomic E-state index is 0.0369. The molecule has 1 atom stereocenters. The predicted molar refractivity (Wildman–Crippen MR) is 123 cm³/mol. The van der Waals surface area contributed by atoms with Gasteiger partial charge >= 0.3 is 0 Å². The SMILES string of the molecule is CC1CCc2c(sc3nc(-c4ccc(OCc5ccc(Cl)cc5)cc4)[nH]c(=O)c23)C1. The van der Waals surface area contributed by atoms with Gasteiger partial charge in [0.05, 0.1) is 5.39 Å². The summed E-state index contributed by atoms with van der Waals surface area (Å²) >= 11 is 7.59. The molecule has 152 valence electrons. The van der Waals surface area contributed by atoms with E-state index in [-0.39, 0.29) is 5.56 Å². The Bertz CT molecular complexity index is 1260. The second-order valence-corrected chi connectivity index (χ2v) is 9.41. The molecule has 1 unspecified atom stereocenters. The molecule has 0 aliphatic heterocycles. The summed E-state index contributed by atoms with van der Waals surface area (Å²) < 4.78 is 5.85. The van der Waals surface area contributed by atoms with Gasteiger partial charge in [0.2, 0.25) is 0 Å². The number of thiophene rings is 1. The Morgan fingerprint density at radius 3 is 2.70 bits per heavy atom. The van der Waals surface area contributed by atoms with E-state index in [1.165, 1.54) is 10.4 Å². The number of aryl methyl sites for hydroxylation is 1. The van der Waals surface area contributed by atoms with Crippen LogP contribution in [0.5, 0.6) is 5.75 Å². The summed E-state index contributed by atoms with van der Waals surface area (Å²) in [5.74, 6) is 2.03. The molecule has 4 aromatic rings. The molecule has 1 aliphatic carbocycles. The molecule has 30 heavy (non-hydrogen) atoms. The number of H-pyrrole nitrogens is 1. The van der Waals surface area contributed by atoms with Crippen molar-refractivity contribution in [1.29, 1.82) is 0 Å². The molecule has 5 rings (SSSR count). The normalized spacial score (nSPS) is 15.9. The summed E-state index contributed by atoms with van der Waals surface area (Å²) in [5.41, 5.74) is 3.09.